The Hall–Kier alpha value is -3.20. The van der Waals surface area contributed by atoms with Crippen LogP contribution in [0.3, 0.4) is 0 Å². The Morgan fingerprint density at radius 2 is 1.68 bits per heavy atom. The number of rotatable bonds is 4. The molecule has 0 saturated carbocycles. The fourth-order valence-electron chi connectivity index (χ4n) is 2.80. The van der Waals surface area contributed by atoms with Gasteiger partial charge in [-0.05, 0) is 43.3 Å². The van der Waals surface area contributed by atoms with E-state index in [0.717, 1.165) is 16.8 Å². The molecular weight excluding hydrogens is 521 g/mol. The smallest absolute Gasteiger partial charge is 0.266 e. The summed E-state index contributed by atoms with van der Waals surface area (Å²) in [5, 5.41) is 6.93. The SMILES string of the molecule is Cc1c(C(=O)NS(=O)(=O)c2cc(C(F)(F)F)ccc2C(F)(F)F)nnn1-c1ccc(Cl)cc1F. The molecule has 7 nitrogen and oxygen atoms in total. The van der Waals surface area contributed by atoms with Crippen molar-refractivity contribution in [2.45, 2.75) is 24.2 Å². The number of hydrogen-bond donors (Lipinski definition) is 1. The van der Waals surface area contributed by atoms with Gasteiger partial charge in [-0.3, -0.25) is 4.79 Å². The van der Waals surface area contributed by atoms with Crippen molar-refractivity contribution in [1.29, 1.82) is 0 Å². The highest BCUT2D eigenvalue weighted by Gasteiger charge is 2.41. The van der Waals surface area contributed by atoms with E-state index in [1.807, 2.05) is 0 Å². The molecule has 1 N–H and O–H groups in total. The van der Waals surface area contributed by atoms with Gasteiger partial charge in [0, 0.05) is 5.02 Å². The minimum Gasteiger partial charge on any atom is -0.266 e. The fraction of sp³-hybridized carbons (Fsp3) is 0.167. The van der Waals surface area contributed by atoms with Gasteiger partial charge in [-0.25, -0.2) is 22.2 Å². The van der Waals surface area contributed by atoms with Gasteiger partial charge in [0.2, 0.25) is 0 Å². The molecule has 182 valence electrons. The zero-order chi connectivity index (χ0) is 25.6. The van der Waals surface area contributed by atoms with Crippen LogP contribution in [0.4, 0.5) is 30.7 Å². The van der Waals surface area contributed by atoms with Crippen molar-refractivity contribution in [2.24, 2.45) is 0 Å². The molecule has 3 aromatic rings. The number of alkyl halides is 6. The van der Waals surface area contributed by atoms with Gasteiger partial charge >= 0.3 is 12.4 Å². The van der Waals surface area contributed by atoms with Crippen LogP contribution in [0.1, 0.15) is 27.3 Å². The van der Waals surface area contributed by atoms with Gasteiger partial charge in [-0.15, -0.1) is 5.10 Å². The van der Waals surface area contributed by atoms with E-state index < -0.39 is 55.8 Å². The van der Waals surface area contributed by atoms with Crippen LogP contribution in [0.15, 0.2) is 41.3 Å². The highest BCUT2D eigenvalue weighted by atomic mass is 35.5. The Labute approximate surface area is 191 Å². The van der Waals surface area contributed by atoms with E-state index in [1.54, 1.807) is 0 Å². The molecule has 16 heteroatoms. The molecule has 2 aromatic carbocycles. The first-order valence-corrected chi connectivity index (χ1v) is 10.6. The summed E-state index contributed by atoms with van der Waals surface area (Å²) in [5.74, 6) is -2.50. The Balaban J connectivity index is 2.02. The van der Waals surface area contributed by atoms with Crippen LogP contribution in [-0.2, 0) is 22.4 Å². The molecule has 0 saturated heterocycles. The molecule has 34 heavy (non-hydrogen) atoms. The molecule has 1 aromatic heterocycles. The Morgan fingerprint density at radius 1 is 1.03 bits per heavy atom. The first kappa shape index (κ1) is 25.4. The summed E-state index contributed by atoms with van der Waals surface area (Å²) in [7, 11) is -5.48. The lowest BCUT2D eigenvalue weighted by molar-refractivity contribution is -0.143. The topological polar surface area (TPSA) is 93.9 Å². The Morgan fingerprint density at radius 3 is 2.24 bits per heavy atom. The number of carbonyl (C=O) groups excluding carboxylic acids is 1. The first-order valence-electron chi connectivity index (χ1n) is 8.75. The number of nitrogens with one attached hydrogen (secondary N) is 1. The van der Waals surface area contributed by atoms with Gasteiger partial charge in [0.25, 0.3) is 15.9 Å². The highest BCUT2D eigenvalue weighted by molar-refractivity contribution is 7.90. The summed E-state index contributed by atoms with van der Waals surface area (Å²) in [5.41, 5.74) is -4.82. The quantitative estimate of drug-likeness (QED) is 0.501. The molecular formula is C18H10ClF7N4O3S. The number of benzene rings is 2. The Kier molecular flexibility index (Phi) is 6.39. The van der Waals surface area contributed by atoms with Crippen molar-refractivity contribution in [3.63, 3.8) is 0 Å². The van der Waals surface area contributed by atoms with Crippen LogP contribution in [0.5, 0.6) is 0 Å². The highest BCUT2D eigenvalue weighted by Crippen LogP contribution is 2.38. The number of sulfonamides is 1. The molecule has 0 spiro atoms. The standard InChI is InChI=1S/C18H10ClF7N4O3S/c1-8-15(27-29-30(8)13-5-3-10(19)7-12(13)20)16(31)28-34(32,33)14-6-9(17(21,22)23)2-4-11(14)18(24,25)26/h2-7H,1H3,(H,28,31). The van der Waals surface area contributed by atoms with E-state index >= 15 is 0 Å². The summed E-state index contributed by atoms with van der Waals surface area (Å²) < 4.78 is 120. The van der Waals surface area contributed by atoms with Crippen LogP contribution < -0.4 is 4.72 Å². The third-order valence-electron chi connectivity index (χ3n) is 4.38. The summed E-state index contributed by atoms with van der Waals surface area (Å²) in [6, 6.07) is 3.10. The molecule has 0 fully saturated rings. The summed E-state index contributed by atoms with van der Waals surface area (Å²) in [6.07, 6.45) is -10.5. The molecule has 0 aliphatic heterocycles. The fourth-order valence-corrected chi connectivity index (χ4v) is 4.17. The third-order valence-corrected chi connectivity index (χ3v) is 5.98. The van der Waals surface area contributed by atoms with Crippen LogP contribution >= 0.6 is 11.6 Å². The number of aromatic nitrogens is 3. The summed E-state index contributed by atoms with van der Waals surface area (Å²) in [6.45, 7) is 1.17. The number of nitrogens with zero attached hydrogens (tertiary/aromatic N) is 3. The summed E-state index contributed by atoms with van der Waals surface area (Å²) in [4.78, 5) is 10.6. The van der Waals surface area contributed by atoms with Gasteiger partial charge in [-0.2, -0.15) is 26.3 Å². The van der Waals surface area contributed by atoms with E-state index in [2.05, 4.69) is 10.3 Å². The molecule has 0 unspecified atom stereocenters. The zero-order valence-electron chi connectivity index (χ0n) is 16.5. The normalized spacial score (nSPS) is 12.6. The van der Waals surface area contributed by atoms with Gasteiger partial charge in [-0.1, -0.05) is 16.8 Å². The van der Waals surface area contributed by atoms with E-state index in [9.17, 15) is 43.9 Å². The molecule has 1 amide bonds. The van der Waals surface area contributed by atoms with Crippen LogP contribution in [0.25, 0.3) is 5.69 Å². The van der Waals surface area contributed by atoms with Crippen molar-refractivity contribution in [3.8, 4) is 5.69 Å². The number of amides is 1. The first-order chi connectivity index (χ1) is 15.5. The molecule has 3 rings (SSSR count). The van der Waals surface area contributed by atoms with E-state index in [1.165, 1.54) is 17.7 Å². The van der Waals surface area contributed by atoms with Crippen molar-refractivity contribution in [3.05, 3.63) is 69.8 Å². The second kappa shape index (κ2) is 8.54. The molecule has 0 aliphatic rings. The second-order valence-corrected chi connectivity index (χ2v) is 8.76. The number of halogens is 8. The lowest BCUT2D eigenvalue weighted by atomic mass is 10.1. The average molecular weight is 531 g/mol. The molecule has 0 bridgehead atoms. The minimum atomic E-state index is -5.48. The number of carbonyl (C=O) groups is 1. The van der Waals surface area contributed by atoms with E-state index in [0.29, 0.717) is 0 Å². The average Bonchev–Trinajstić information content (AvgIpc) is 3.07. The van der Waals surface area contributed by atoms with Crippen molar-refractivity contribution >= 4 is 27.5 Å². The van der Waals surface area contributed by atoms with Crippen molar-refractivity contribution in [1.82, 2.24) is 19.7 Å². The predicted molar refractivity (Wildman–Crippen MR) is 102 cm³/mol. The van der Waals surface area contributed by atoms with Crippen LogP contribution in [0.2, 0.25) is 5.02 Å². The maximum absolute atomic E-state index is 14.1. The lowest BCUT2D eigenvalue weighted by Gasteiger charge is -2.16. The zero-order valence-corrected chi connectivity index (χ0v) is 18.0. The third kappa shape index (κ3) is 4.99. The van der Waals surface area contributed by atoms with Crippen LogP contribution in [-0.4, -0.2) is 29.3 Å². The van der Waals surface area contributed by atoms with Gasteiger partial charge in [0.1, 0.15) is 16.4 Å². The van der Waals surface area contributed by atoms with Crippen molar-refractivity contribution < 1.29 is 43.9 Å². The van der Waals surface area contributed by atoms with Gasteiger partial charge < -0.3 is 0 Å². The van der Waals surface area contributed by atoms with Crippen molar-refractivity contribution in [2.75, 3.05) is 0 Å². The van der Waals surface area contributed by atoms with Crippen LogP contribution in [0, 0.1) is 12.7 Å². The number of hydrogen-bond acceptors (Lipinski definition) is 5. The minimum absolute atomic E-state index is 0.0321. The lowest BCUT2D eigenvalue weighted by Crippen LogP contribution is -2.33. The monoisotopic (exact) mass is 530 g/mol. The second-order valence-electron chi connectivity index (χ2n) is 6.67. The Bertz CT molecular complexity index is 1390. The maximum atomic E-state index is 14.1. The van der Waals surface area contributed by atoms with Gasteiger partial charge in [0.05, 0.1) is 16.8 Å². The van der Waals surface area contributed by atoms with E-state index in [-0.39, 0.29) is 34.6 Å². The van der Waals surface area contributed by atoms with Gasteiger partial charge in [0.15, 0.2) is 5.69 Å². The molecule has 0 aliphatic carbocycles. The van der Waals surface area contributed by atoms with E-state index in [4.69, 9.17) is 11.6 Å². The molecule has 0 radical (unpaired) electrons. The molecule has 1 heterocycles. The summed E-state index contributed by atoms with van der Waals surface area (Å²) >= 11 is 5.65. The largest absolute Gasteiger partial charge is 0.417 e. The predicted octanol–water partition coefficient (Wildman–Crippen LogP) is 4.52. The molecule has 0 atom stereocenters. The maximum Gasteiger partial charge on any atom is 0.417 e.